The molecule has 0 aliphatic heterocycles. The van der Waals surface area contributed by atoms with Crippen LogP contribution in [0.2, 0.25) is 0 Å². The first-order valence-electron chi connectivity index (χ1n) is 7.60. The van der Waals surface area contributed by atoms with Gasteiger partial charge in [0.15, 0.2) is 0 Å². The molecule has 2 N–H and O–H groups in total. The van der Waals surface area contributed by atoms with Gasteiger partial charge in [0.1, 0.15) is 5.75 Å². The normalized spacial score (nSPS) is 10.5. The summed E-state index contributed by atoms with van der Waals surface area (Å²) < 4.78 is 6.04. The van der Waals surface area contributed by atoms with Gasteiger partial charge in [0.25, 0.3) is 0 Å². The number of methoxy groups -OCH3 is 1. The fraction of sp³-hybridized carbons (Fsp3) is 0.167. The average Bonchev–Trinajstić information content (AvgIpc) is 2.62. The van der Waals surface area contributed by atoms with Crippen molar-refractivity contribution in [3.8, 4) is 5.75 Å². The van der Waals surface area contributed by atoms with E-state index in [1.807, 2.05) is 25.1 Å². The fourth-order valence-electron chi connectivity index (χ4n) is 2.03. The van der Waals surface area contributed by atoms with Gasteiger partial charge in [-0.05, 0) is 42.3 Å². The van der Waals surface area contributed by atoms with Gasteiger partial charge >= 0.3 is 11.8 Å². The molecule has 0 saturated carbocycles. The molecule has 0 aromatic heterocycles. The molecule has 25 heavy (non-hydrogen) atoms. The molecule has 0 heterocycles. The molecule has 2 rings (SSSR count). The summed E-state index contributed by atoms with van der Waals surface area (Å²) >= 11 is 3.35. The summed E-state index contributed by atoms with van der Waals surface area (Å²) in [6, 6.07) is 12.7. The highest BCUT2D eigenvalue weighted by Crippen LogP contribution is 2.21. The highest BCUT2D eigenvalue weighted by Gasteiger charge is 2.12. The van der Waals surface area contributed by atoms with Crippen LogP contribution in [0.4, 0.5) is 5.69 Å². The minimum Gasteiger partial charge on any atom is -0.496 e. The van der Waals surface area contributed by atoms with Gasteiger partial charge in [-0.2, -0.15) is 5.10 Å². The first kappa shape index (κ1) is 18.7. The van der Waals surface area contributed by atoms with Crippen molar-refractivity contribution in [3.05, 3.63) is 58.1 Å². The zero-order valence-electron chi connectivity index (χ0n) is 13.9. The first-order valence-corrected chi connectivity index (χ1v) is 8.39. The van der Waals surface area contributed by atoms with E-state index in [2.05, 4.69) is 31.8 Å². The number of amides is 2. The number of hydrogen-bond donors (Lipinski definition) is 2. The highest BCUT2D eigenvalue weighted by molar-refractivity contribution is 9.10. The standard InChI is InChI=1S/C18H18BrN3O3/c1-3-12-4-7-15(8-5-12)21-17(23)18(24)22-20-11-13-10-14(19)6-9-16(13)25-2/h4-11H,3H2,1-2H3,(H,21,23)(H,22,24). The highest BCUT2D eigenvalue weighted by atomic mass is 79.9. The van der Waals surface area contributed by atoms with Crippen LogP contribution in [-0.4, -0.2) is 25.1 Å². The maximum atomic E-state index is 11.9. The van der Waals surface area contributed by atoms with Crippen LogP contribution in [0.15, 0.2) is 52.0 Å². The van der Waals surface area contributed by atoms with Gasteiger partial charge in [0.2, 0.25) is 0 Å². The van der Waals surface area contributed by atoms with Gasteiger partial charge < -0.3 is 10.1 Å². The third-order valence-electron chi connectivity index (χ3n) is 3.39. The van der Waals surface area contributed by atoms with Crippen molar-refractivity contribution in [1.29, 1.82) is 0 Å². The van der Waals surface area contributed by atoms with Crippen molar-refractivity contribution in [2.45, 2.75) is 13.3 Å². The second-order valence-electron chi connectivity index (χ2n) is 5.09. The van der Waals surface area contributed by atoms with E-state index in [1.165, 1.54) is 13.3 Å². The van der Waals surface area contributed by atoms with Crippen LogP contribution in [0.25, 0.3) is 0 Å². The summed E-state index contributed by atoms with van der Waals surface area (Å²) in [5.41, 5.74) is 4.55. The first-order chi connectivity index (χ1) is 12.0. The minimum absolute atomic E-state index is 0.551. The number of nitrogens with one attached hydrogen (secondary N) is 2. The summed E-state index contributed by atoms with van der Waals surface area (Å²) in [6.07, 6.45) is 2.31. The lowest BCUT2D eigenvalue weighted by atomic mass is 10.1. The molecule has 0 saturated heterocycles. The Morgan fingerprint density at radius 1 is 1.16 bits per heavy atom. The van der Waals surface area contributed by atoms with Crippen LogP contribution in [0.5, 0.6) is 5.75 Å². The predicted molar refractivity (Wildman–Crippen MR) is 101 cm³/mol. The molecule has 0 aliphatic rings. The van der Waals surface area contributed by atoms with Gasteiger partial charge in [-0.25, -0.2) is 5.43 Å². The van der Waals surface area contributed by atoms with Gasteiger partial charge in [0.05, 0.1) is 13.3 Å². The van der Waals surface area contributed by atoms with Crippen LogP contribution in [0.1, 0.15) is 18.1 Å². The van der Waals surface area contributed by atoms with Crippen LogP contribution < -0.4 is 15.5 Å². The number of halogens is 1. The molecule has 2 amide bonds. The zero-order chi connectivity index (χ0) is 18.2. The molecule has 0 radical (unpaired) electrons. The Morgan fingerprint density at radius 2 is 1.88 bits per heavy atom. The molecule has 6 nitrogen and oxygen atoms in total. The van der Waals surface area contributed by atoms with Crippen molar-refractivity contribution in [1.82, 2.24) is 5.43 Å². The number of anilines is 1. The molecule has 0 bridgehead atoms. The van der Waals surface area contributed by atoms with Crippen LogP contribution in [0, 0.1) is 0 Å². The Hall–Kier alpha value is -2.67. The average molecular weight is 404 g/mol. The Morgan fingerprint density at radius 3 is 2.52 bits per heavy atom. The second kappa shape index (κ2) is 8.98. The van der Waals surface area contributed by atoms with E-state index in [0.717, 1.165) is 16.5 Å². The number of hydrazone groups is 1. The van der Waals surface area contributed by atoms with Crippen molar-refractivity contribution in [3.63, 3.8) is 0 Å². The third kappa shape index (κ3) is 5.42. The molecule has 130 valence electrons. The van der Waals surface area contributed by atoms with E-state index in [0.29, 0.717) is 17.0 Å². The van der Waals surface area contributed by atoms with E-state index in [1.54, 1.807) is 24.3 Å². The molecule has 2 aromatic rings. The summed E-state index contributed by atoms with van der Waals surface area (Å²) in [5, 5.41) is 6.31. The van der Waals surface area contributed by atoms with Crippen LogP contribution in [-0.2, 0) is 16.0 Å². The fourth-order valence-corrected chi connectivity index (χ4v) is 2.41. The zero-order valence-corrected chi connectivity index (χ0v) is 15.5. The van der Waals surface area contributed by atoms with E-state index in [9.17, 15) is 9.59 Å². The molecule has 2 aromatic carbocycles. The monoisotopic (exact) mass is 403 g/mol. The maximum Gasteiger partial charge on any atom is 0.329 e. The van der Waals surface area contributed by atoms with E-state index < -0.39 is 11.8 Å². The summed E-state index contributed by atoms with van der Waals surface area (Å²) in [5.74, 6) is -1.05. The second-order valence-corrected chi connectivity index (χ2v) is 6.01. The van der Waals surface area contributed by atoms with Crippen molar-refractivity contribution in [2.75, 3.05) is 12.4 Å². The van der Waals surface area contributed by atoms with E-state index >= 15 is 0 Å². The lowest BCUT2D eigenvalue weighted by molar-refractivity contribution is -0.136. The summed E-state index contributed by atoms with van der Waals surface area (Å²) in [7, 11) is 1.54. The molecule has 0 aliphatic carbocycles. The largest absolute Gasteiger partial charge is 0.496 e. The third-order valence-corrected chi connectivity index (χ3v) is 3.88. The summed E-state index contributed by atoms with van der Waals surface area (Å²) in [6.45, 7) is 2.04. The predicted octanol–water partition coefficient (Wildman–Crippen LogP) is 3.11. The van der Waals surface area contributed by atoms with Gasteiger partial charge in [0, 0.05) is 15.7 Å². The van der Waals surface area contributed by atoms with Crippen LogP contribution >= 0.6 is 15.9 Å². The number of ether oxygens (including phenoxy) is 1. The molecule has 0 fully saturated rings. The number of rotatable bonds is 5. The minimum atomic E-state index is -0.857. The quantitative estimate of drug-likeness (QED) is 0.457. The Bertz CT molecular complexity index is 789. The van der Waals surface area contributed by atoms with Crippen molar-refractivity contribution >= 4 is 39.6 Å². The number of nitrogens with zero attached hydrogens (tertiary/aromatic N) is 1. The number of benzene rings is 2. The Balaban J connectivity index is 1.94. The van der Waals surface area contributed by atoms with Crippen LogP contribution in [0.3, 0.4) is 0 Å². The molecular weight excluding hydrogens is 386 g/mol. The molecule has 0 spiro atoms. The Kier molecular flexibility index (Phi) is 6.71. The van der Waals surface area contributed by atoms with Gasteiger partial charge in [-0.15, -0.1) is 0 Å². The smallest absolute Gasteiger partial charge is 0.329 e. The number of carbonyl (C=O) groups excluding carboxylic acids is 2. The topological polar surface area (TPSA) is 79.8 Å². The maximum absolute atomic E-state index is 11.9. The van der Waals surface area contributed by atoms with Gasteiger partial charge in [-0.1, -0.05) is 35.0 Å². The molecule has 0 atom stereocenters. The summed E-state index contributed by atoms with van der Waals surface area (Å²) in [4.78, 5) is 23.7. The number of hydrogen-bond acceptors (Lipinski definition) is 4. The van der Waals surface area contributed by atoms with E-state index in [-0.39, 0.29) is 0 Å². The van der Waals surface area contributed by atoms with Gasteiger partial charge in [-0.3, -0.25) is 9.59 Å². The number of aryl methyl sites for hydroxylation is 1. The molecule has 0 unspecified atom stereocenters. The van der Waals surface area contributed by atoms with E-state index in [4.69, 9.17) is 4.74 Å². The SMILES string of the molecule is CCc1ccc(NC(=O)C(=O)NN=Cc2cc(Br)ccc2OC)cc1. The Labute approximate surface area is 154 Å². The number of carbonyl (C=O) groups is 2. The molecule has 7 heteroatoms. The van der Waals surface area contributed by atoms with Crippen molar-refractivity contribution in [2.24, 2.45) is 5.10 Å². The lowest BCUT2D eigenvalue weighted by Gasteiger charge is -2.06. The van der Waals surface area contributed by atoms with Crippen molar-refractivity contribution < 1.29 is 14.3 Å². The lowest BCUT2D eigenvalue weighted by Crippen LogP contribution is -2.32. The molecular formula is C18H18BrN3O3.